The Balaban J connectivity index is 0.000000902. The van der Waals surface area contributed by atoms with E-state index in [1.54, 1.807) is 0 Å². The number of carbonyl (C=O) groups is 1. The third kappa shape index (κ3) is 8.27. The van der Waals surface area contributed by atoms with Gasteiger partial charge in [-0.2, -0.15) is 11.8 Å². The number of hydrogen-bond donors (Lipinski definition) is 2. The van der Waals surface area contributed by atoms with Crippen LogP contribution in [0.4, 0.5) is 0 Å². The first kappa shape index (κ1) is 36.9. The maximum absolute atomic E-state index is 12.7. The summed E-state index contributed by atoms with van der Waals surface area (Å²) in [5.41, 5.74) is 3.31. The minimum Gasteiger partial charge on any atom is -0.478 e. The first-order valence-corrected chi connectivity index (χ1v) is 18.5. The van der Waals surface area contributed by atoms with Gasteiger partial charge in [-0.3, -0.25) is 0 Å². The van der Waals surface area contributed by atoms with E-state index >= 15 is 0 Å². The summed E-state index contributed by atoms with van der Waals surface area (Å²) in [4.78, 5) is 12.7. The molecule has 4 aliphatic carbocycles. The third-order valence-corrected chi connectivity index (χ3v) is 13.0. The number of rotatable bonds is 6. The first-order valence-electron chi connectivity index (χ1n) is 16.7. The molecule has 238 valence electrons. The van der Waals surface area contributed by atoms with E-state index in [0.717, 1.165) is 35.6 Å². The van der Waals surface area contributed by atoms with Crippen LogP contribution in [0.25, 0.3) is 0 Å². The molecule has 0 saturated heterocycles. The monoisotopic (exact) mass is 654 g/mol. The van der Waals surface area contributed by atoms with E-state index in [1.165, 1.54) is 49.7 Å². The zero-order chi connectivity index (χ0) is 31.3. The molecule has 0 aromatic rings. The Morgan fingerprint density at radius 1 is 1.00 bits per heavy atom. The van der Waals surface area contributed by atoms with Crippen molar-refractivity contribution in [3.05, 3.63) is 21.2 Å². The molecule has 0 aliphatic heterocycles. The second-order valence-corrected chi connectivity index (χ2v) is 17.5. The number of halogens is 1. The molecule has 41 heavy (non-hydrogen) atoms. The van der Waals surface area contributed by atoms with E-state index in [9.17, 15) is 15.0 Å². The topological polar surface area (TPSA) is 57.5 Å². The second-order valence-electron chi connectivity index (χ2n) is 14.8. The molecular formula is C36H63BrO3S. The Labute approximate surface area is 266 Å². The summed E-state index contributed by atoms with van der Waals surface area (Å²) in [6.45, 7) is 24.1. The van der Waals surface area contributed by atoms with Gasteiger partial charge in [0.05, 0.1) is 6.10 Å². The molecule has 3 nitrogen and oxygen atoms in total. The minimum absolute atomic E-state index is 0.0751. The summed E-state index contributed by atoms with van der Waals surface area (Å²) in [6.07, 6.45) is 10.5. The van der Waals surface area contributed by atoms with Crippen molar-refractivity contribution in [1.82, 2.24) is 0 Å². The van der Waals surface area contributed by atoms with Crippen molar-refractivity contribution in [1.29, 1.82) is 0 Å². The van der Waals surface area contributed by atoms with E-state index < -0.39 is 5.97 Å². The van der Waals surface area contributed by atoms with Gasteiger partial charge in [0.1, 0.15) is 0 Å². The van der Waals surface area contributed by atoms with E-state index in [2.05, 4.69) is 78.2 Å². The summed E-state index contributed by atoms with van der Waals surface area (Å²) in [6, 6.07) is 0. The van der Waals surface area contributed by atoms with Gasteiger partial charge in [0, 0.05) is 10.8 Å². The third-order valence-electron chi connectivity index (χ3n) is 10.5. The lowest BCUT2D eigenvalue weighted by atomic mass is 9.43. The second kappa shape index (κ2) is 15.6. The lowest BCUT2D eigenvalue weighted by Gasteiger charge is -2.62. The molecule has 4 saturated carbocycles. The van der Waals surface area contributed by atoms with Gasteiger partial charge in [-0.15, -0.1) is 0 Å². The fourth-order valence-corrected chi connectivity index (χ4v) is 10.7. The molecule has 0 bridgehead atoms. The summed E-state index contributed by atoms with van der Waals surface area (Å²) in [7, 11) is 0. The van der Waals surface area contributed by atoms with Gasteiger partial charge in [0.15, 0.2) is 0 Å². The van der Waals surface area contributed by atoms with Gasteiger partial charge in [-0.1, -0.05) is 96.7 Å². The number of aliphatic hydroxyl groups excluding tert-OH is 1. The average Bonchev–Trinajstić information content (AvgIpc) is 3.15. The van der Waals surface area contributed by atoms with Gasteiger partial charge in [-0.05, 0) is 121 Å². The summed E-state index contributed by atoms with van der Waals surface area (Å²) < 4.78 is 1.11. The van der Waals surface area contributed by atoms with Crippen LogP contribution in [0.3, 0.4) is 0 Å². The van der Waals surface area contributed by atoms with Crippen molar-refractivity contribution < 1.29 is 15.0 Å². The number of carboxylic acids is 1. The quantitative estimate of drug-likeness (QED) is 0.280. The lowest BCUT2D eigenvalue weighted by Crippen LogP contribution is -2.58. The standard InChI is InChI=1S/C30H47BrO3S.C4H10.C2H6/c1-17(2)23(31)13-11-20(28(33)34)26-22-15-24(32)27-21(30(22,6)16-25(26)35-18(3)4)12-10-19-9-7-8-14-29(19,27)5;1-4(2)3;1-2/h18-19,21-22,24-25,27,32H,7-16H2,1-6H3,(H,33,34);4H,1-3H3;1-2H3/b26-20-;;/t19?,21?,22?,24-,25?,27?,29?,30?;;/m1../s1. The number of carboxylic acid groups (broad SMARTS) is 1. The van der Waals surface area contributed by atoms with Crippen LogP contribution in [-0.4, -0.2) is 32.8 Å². The maximum Gasteiger partial charge on any atom is 0.331 e. The number of thioether (sulfide) groups is 1. The molecule has 4 aliphatic rings. The average molecular weight is 656 g/mol. The number of hydrogen-bond acceptors (Lipinski definition) is 3. The molecule has 2 N–H and O–H groups in total. The van der Waals surface area contributed by atoms with Crippen molar-refractivity contribution in [2.24, 2.45) is 40.4 Å². The Bertz CT molecular complexity index is 932. The molecule has 0 heterocycles. The number of allylic oxidation sites excluding steroid dienone is 2. The molecule has 0 amide bonds. The highest BCUT2D eigenvalue weighted by atomic mass is 79.9. The van der Waals surface area contributed by atoms with E-state index in [1.807, 2.05) is 25.6 Å². The van der Waals surface area contributed by atoms with Crippen molar-refractivity contribution >= 4 is 33.7 Å². The van der Waals surface area contributed by atoms with E-state index in [4.69, 9.17) is 0 Å². The number of aliphatic hydroxyl groups is 1. The van der Waals surface area contributed by atoms with Crippen LogP contribution < -0.4 is 0 Å². The highest BCUT2D eigenvalue weighted by Gasteiger charge is 2.64. The highest BCUT2D eigenvalue weighted by molar-refractivity contribution is 9.11. The molecule has 0 aromatic carbocycles. The molecule has 5 heteroatoms. The van der Waals surface area contributed by atoms with E-state index in [0.29, 0.717) is 29.1 Å². The molecule has 4 rings (SSSR count). The minimum atomic E-state index is -0.757. The highest BCUT2D eigenvalue weighted by Crippen LogP contribution is 2.69. The van der Waals surface area contributed by atoms with Crippen LogP contribution in [-0.2, 0) is 4.79 Å². The predicted octanol–water partition coefficient (Wildman–Crippen LogP) is 11.0. The summed E-state index contributed by atoms with van der Waals surface area (Å²) in [5.74, 6) is 1.85. The number of fused-ring (bicyclic) bond motifs is 5. The molecule has 8 atom stereocenters. The smallest absolute Gasteiger partial charge is 0.331 e. The van der Waals surface area contributed by atoms with Crippen molar-refractivity contribution in [3.8, 4) is 0 Å². The molecule has 0 aromatic heterocycles. The Hall–Kier alpha value is -0.260. The zero-order valence-corrected chi connectivity index (χ0v) is 30.7. The molecule has 4 fully saturated rings. The Morgan fingerprint density at radius 2 is 1.61 bits per heavy atom. The van der Waals surface area contributed by atoms with Crippen molar-refractivity contribution in [2.45, 2.75) is 157 Å². The molecule has 0 spiro atoms. The Kier molecular flexibility index (Phi) is 14.1. The van der Waals surface area contributed by atoms with Gasteiger partial charge in [0.25, 0.3) is 0 Å². The van der Waals surface area contributed by atoms with Gasteiger partial charge < -0.3 is 10.2 Å². The van der Waals surface area contributed by atoms with Gasteiger partial charge >= 0.3 is 5.97 Å². The fourth-order valence-electron chi connectivity index (χ4n) is 8.95. The van der Waals surface area contributed by atoms with Gasteiger partial charge in [-0.25, -0.2) is 4.79 Å². The lowest BCUT2D eigenvalue weighted by molar-refractivity contribution is -0.167. The van der Waals surface area contributed by atoms with Crippen LogP contribution in [0.2, 0.25) is 0 Å². The Morgan fingerprint density at radius 3 is 2.15 bits per heavy atom. The van der Waals surface area contributed by atoms with E-state index in [-0.39, 0.29) is 28.1 Å². The number of aliphatic carboxylic acids is 1. The maximum atomic E-state index is 12.7. The van der Waals surface area contributed by atoms with Crippen LogP contribution in [0.15, 0.2) is 21.2 Å². The summed E-state index contributed by atoms with van der Waals surface area (Å²) >= 11 is 5.63. The van der Waals surface area contributed by atoms with Crippen molar-refractivity contribution in [3.63, 3.8) is 0 Å². The molecule has 7 unspecified atom stereocenters. The fraction of sp³-hybridized carbons (Fsp3) is 0.861. The van der Waals surface area contributed by atoms with Crippen LogP contribution >= 0.6 is 27.7 Å². The van der Waals surface area contributed by atoms with Gasteiger partial charge in [0.2, 0.25) is 0 Å². The van der Waals surface area contributed by atoms with Crippen molar-refractivity contribution in [2.75, 3.05) is 0 Å². The normalized spacial score (nSPS) is 37.0. The van der Waals surface area contributed by atoms with Crippen LogP contribution in [0.5, 0.6) is 0 Å². The predicted molar refractivity (Wildman–Crippen MR) is 183 cm³/mol. The molecule has 0 radical (unpaired) electrons. The first-order chi connectivity index (χ1) is 19.1. The molecular weight excluding hydrogens is 592 g/mol. The zero-order valence-electron chi connectivity index (χ0n) is 28.3. The largest absolute Gasteiger partial charge is 0.478 e. The van der Waals surface area contributed by atoms with Crippen LogP contribution in [0.1, 0.15) is 140 Å². The van der Waals surface area contributed by atoms with Crippen LogP contribution in [0, 0.1) is 40.4 Å². The summed E-state index contributed by atoms with van der Waals surface area (Å²) in [5, 5.41) is 22.9. The SMILES string of the molecule is CC.CC(C)=C(Br)CC/C(C(=O)O)=C1/C(SC(C)C)CC2(C)C1C[C@@H](O)C1C2CCC2CCCCC21C.CC(C)C.